The Bertz CT molecular complexity index is 1140. The molecule has 0 aliphatic heterocycles. The molecule has 2 amide bonds. The lowest BCUT2D eigenvalue weighted by Gasteiger charge is -2.21. The largest absolute Gasteiger partial charge is 0.480 e. The highest BCUT2D eigenvalue weighted by Crippen LogP contribution is 2.15. The molecule has 3 N–H and O–H groups in total. The summed E-state index contributed by atoms with van der Waals surface area (Å²) in [5.74, 6) is -2.39. The summed E-state index contributed by atoms with van der Waals surface area (Å²) in [7, 11) is 1.25. The minimum atomic E-state index is -1.51. The molecule has 0 spiro atoms. The minimum absolute atomic E-state index is 0.0897. The molecule has 2 aromatic carbocycles. The quantitative estimate of drug-likeness (QED) is 0.244. The fourth-order valence-corrected chi connectivity index (χ4v) is 3.06. The maximum absolute atomic E-state index is 12.6. The lowest BCUT2D eigenvalue weighted by atomic mass is 10.0. The second-order valence-electron chi connectivity index (χ2n) is 9.02. The van der Waals surface area contributed by atoms with Crippen molar-refractivity contribution in [3.8, 4) is 0 Å². The summed E-state index contributed by atoms with van der Waals surface area (Å²) in [6.45, 7) is 4.73. The number of anilines is 1. The molecule has 0 saturated carbocycles. The van der Waals surface area contributed by atoms with Gasteiger partial charge in [-0.2, -0.15) is 0 Å². The number of esters is 1. The molecule has 0 saturated heterocycles. The molecule has 37 heavy (non-hydrogen) atoms. The van der Waals surface area contributed by atoms with Gasteiger partial charge in [-0.05, 0) is 56.2 Å². The first-order chi connectivity index (χ1) is 17.4. The van der Waals surface area contributed by atoms with Gasteiger partial charge >= 0.3 is 24.1 Å². The Hall–Kier alpha value is -4.41. The Kier molecular flexibility index (Phi) is 10.2. The van der Waals surface area contributed by atoms with Crippen LogP contribution < -0.4 is 10.6 Å². The number of methoxy groups -OCH3 is 1. The zero-order valence-electron chi connectivity index (χ0n) is 21.0. The zero-order valence-corrected chi connectivity index (χ0v) is 21.0. The van der Waals surface area contributed by atoms with Crippen molar-refractivity contribution in [2.24, 2.45) is 0 Å². The molecule has 2 rings (SSSR count). The third-order valence-electron chi connectivity index (χ3n) is 4.75. The number of carbonyl (C=O) groups excluding carboxylic acids is 4. The van der Waals surface area contributed by atoms with E-state index in [1.54, 1.807) is 69.3 Å². The number of rotatable bonds is 10. The number of carboxylic acids is 1. The SMILES string of the molecule is COC(=O)Nc1ccc(C(=O)Cc2cccc(COC(=O)CC(NC(=O)OC(C)(C)C)C(=O)O)c2)cc1. The molecule has 0 aromatic heterocycles. The number of hydrogen-bond donors (Lipinski definition) is 3. The Morgan fingerprint density at radius 2 is 1.59 bits per heavy atom. The molecule has 2 aromatic rings. The van der Waals surface area contributed by atoms with E-state index in [9.17, 15) is 29.1 Å². The van der Waals surface area contributed by atoms with Crippen LogP contribution in [0.2, 0.25) is 0 Å². The van der Waals surface area contributed by atoms with Crippen LogP contribution in [0, 0.1) is 0 Å². The number of carboxylic acid groups (broad SMARTS) is 1. The van der Waals surface area contributed by atoms with Crippen molar-refractivity contribution in [3.63, 3.8) is 0 Å². The molecule has 11 heteroatoms. The third-order valence-corrected chi connectivity index (χ3v) is 4.75. The van der Waals surface area contributed by atoms with Crippen LogP contribution >= 0.6 is 0 Å². The Balaban J connectivity index is 1.91. The number of alkyl carbamates (subject to hydrolysis) is 1. The van der Waals surface area contributed by atoms with Crippen LogP contribution in [-0.4, -0.2) is 53.8 Å². The van der Waals surface area contributed by atoms with Crippen LogP contribution in [-0.2, 0) is 36.8 Å². The van der Waals surface area contributed by atoms with E-state index in [2.05, 4.69) is 15.4 Å². The smallest absolute Gasteiger partial charge is 0.411 e. The maximum Gasteiger partial charge on any atom is 0.411 e. The van der Waals surface area contributed by atoms with Gasteiger partial charge in [0.25, 0.3) is 0 Å². The molecule has 0 fully saturated rings. The van der Waals surface area contributed by atoms with E-state index in [1.807, 2.05) is 0 Å². The molecule has 11 nitrogen and oxygen atoms in total. The number of hydrogen-bond acceptors (Lipinski definition) is 8. The summed E-state index contributed by atoms with van der Waals surface area (Å²) < 4.78 is 14.7. The number of aliphatic carboxylic acids is 1. The van der Waals surface area contributed by atoms with Crippen molar-refractivity contribution in [1.29, 1.82) is 0 Å². The molecule has 198 valence electrons. The van der Waals surface area contributed by atoms with Crippen LogP contribution in [0.5, 0.6) is 0 Å². The van der Waals surface area contributed by atoms with Gasteiger partial charge in [-0.25, -0.2) is 14.4 Å². The van der Waals surface area contributed by atoms with Crippen LogP contribution in [0.15, 0.2) is 48.5 Å². The maximum atomic E-state index is 12.6. The summed E-state index contributed by atoms with van der Waals surface area (Å²) in [6, 6.07) is 11.7. The van der Waals surface area contributed by atoms with E-state index in [4.69, 9.17) is 9.47 Å². The molecule has 0 radical (unpaired) electrons. The fraction of sp³-hybridized carbons (Fsp3) is 0.346. The van der Waals surface area contributed by atoms with E-state index < -0.39 is 42.2 Å². The van der Waals surface area contributed by atoms with Gasteiger partial charge in [0.2, 0.25) is 0 Å². The van der Waals surface area contributed by atoms with Gasteiger partial charge in [0, 0.05) is 17.7 Å². The summed E-state index contributed by atoms with van der Waals surface area (Å²) in [5, 5.41) is 13.9. The number of ether oxygens (including phenoxy) is 3. The Morgan fingerprint density at radius 1 is 0.946 bits per heavy atom. The van der Waals surface area contributed by atoms with Crippen LogP contribution in [0.25, 0.3) is 0 Å². The summed E-state index contributed by atoms with van der Waals surface area (Å²) >= 11 is 0. The molecule has 0 aliphatic rings. The second kappa shape index (κ2) is 13.1. The summed E-state index contributed by atoms with van der Waals surface area (Å²) in [4.78, 5) is 59.4. The standard InChI is InChI=1S/C26H30N2O9/c1-26(2,3)37-25(34)28-20(23(31)32)14-22(30)36-15-17-7-5-6-16(12-17)13-21(29)18-8-10-19(11-9-18)27-24(33)35-4/h5-12,20H,13-15H2,1-4H3,(H,27,33)(H,28,34)(H,31,32). The van der Waals surface area contributed by atoms with Gasteiger partial charge in [-0.15, -0.1) is 0 Å². The highest BCUT2D eigenvalue weighted by Gasteiger charge is 2.27. The van der Waals surface area contributed by atoms with E-state index in [0.29, 0.717) is 22.4 Å². The predicted molar refractivity (Wildman–Crippen MR) is 132 cm³/mol. The molecule has 0 bridgehead atoms. The number of Topliss-reactive ketones (excluding diaryl/α,β-unsaturated/α-hetero) is 1. The average Bonchev–Trinajstić information content (AvgIpc) is 2.81. The highest BCUT2D eigenvalue weighted by atomic mass is 16.6. The monoisotopic (exact) mass is 514 g/mol. The van der Waals surface area contributed by atoms with E-state index in [-0.39, 0.29) is 18.8 Å². The molecule has 0 heterocycles. The Morgan fingerprint density at radius 3 is 2.19 bits per heavy atom. The predicted octanol–water partition coefficient (Wildman–Crippen LogP) is 3.70. The van der Waals surface area contributed by atoms with Crippen LogP contribution in [0.3, 0.4) is 0 Å². The zero-order chi connectivity index (χ0) is 27.6. The average molecular weight is 515 g/mol. The van der Waals surface area contributed by atoms with Crippen molar-refractivity contribution < 1.29 is 43.3 Å². The lowest BCUT2D eigenvalue weighted by Crippen LogP contribution is -2.44. The lowest BCUT2D eigenvalue weighted by molar-refractivity contribution is -0.150. The topological polar surface area (TPSA) is 157 Å². The Labute approximate surface area is 214 Å². The van der Waals surface area contributed by atoms with Gasteiger partial charge in [-0.1, -0.05) is 24.3 Å². The van der Waals surface area contributed by atoms with E-state index >= 15 is 0 Å². The first-order valence-electron chi connectivity index (χ1n) is 11.3. The van der Waals surface area contributed by atoms with E-state index in [1.165, 1.54) is 7.11 Å². The van der Waals surface area contributed by atoms with Crippen LogP contribution in [0.1, 0.15) is 48.7 Å². The van der Waals surface area contributed by atoms with Gasteiger partial charge in [0.1, 0.15) is 18.2 Å². The molecular weight excluding hydrogens is 484 g/mol. The van der Waals surface area contributed by atoms with Crippen molar-refractivity contribution in [1.82, 2.24) is 5.32 Å². The van der Waals surface area contributed by atoms with Crippen LogP contribution in [0.4, 0.5) is 15.3 Å². The van der Waals surface area contributed by atoms with Crippen molar-refractivity contribution in [2.75, 3.05) is 12.4 Å². The minimum Gasteiger partial charge on any atom is -0.480 e. The molecular formula is C26H30N2O9. The van der Waals surface area contributed by atoms with Gasteiger partial charge < -0.3 is 24.6 Å². The molecule has 1 unspecified atom stereocenters. The number of ketones is 1. The normalized spacial score (nSPS) is 11.6. The number of benzene rings is 2. The van der Waals surface area contributed by atoms with Gasteiger partial charge in [0.15, 0.2) is 5.78 Å². The van der Waals surface area contributed by atoms with Crippen molar-refractivity contribution in [2.45, 2.75) is 51.9 Å². The highest BCUT2D eigenvalue weighted by molar-refractivity contribution is 5.98. The second-order valence-corrected chi connectivity index (χ2v) is 9.02. The van der Waals surface area contributed by atoms with Crippen molar-refractivity contribution >= 4 is 35.6 Å². The van der Waals surface area contributed by atoms with Gasteiger partial charge in [0.05, 0.1) is 13.5 Å². The third kappa shape index (κ3) is 10.4. The van der Waals surface area contributed by atoms with Gasteiger partial charge in [-0.3, -0.25) is 14.9 Å². The molecule has 0 aliphatic carbocycles. The first kappa shape index (κ1) is 28.8. The number of nitrogens with one attached hydrogen (secondary N) is 2. The van der Waals surface area contributed by atoms with Crippen molar-refractivity contribution in [3.05, 3.63) is 65.2 Å². The van der Waals surface area contributed by atoms with E-state index in [0.717, 1.165) is 0 Å². The number of amides is 2. The first-order valence-corrected chi connectivity index (χ1v) is 11.3. The summed E-state index contributed by atoms with van der Waals surface area (Å²) in [6.07, 6.45) is -2.08. The molecule has 1 atom stereocenters. The summed E-state index contributed by atoms with van der Waals surface area (Å²) in [5.41, 5.74) is 1.39. The fourth-order valence-electron chi connectivity index (χ4n) is 3.06. The number of carbonyl (C=O) groups is 5.